The second-order valence-corrected chi connectivity index (χ2v) is 10.1. The number of nitrogens with zero attached hydrogens (tertiary/aromatic N) is 2. The average molecular weight is 484 g/mol. The van der Waals surface area contributed by atoms with Gasteiger partial charge in [0.25, 0.3) is 5.56 Å². The van der Waals surface area contributed by atoms with Crippen LogP contribution in [-0.2, 0) is 27.7 Å². The van der Waals surface area contributed by atoms with Crippen molar-refractivity contribution in [3.8, 4) is 0 Å². The summed E-state index contributed by atoms with van der Waals surface area (Å²) in [6, 6.07) is 10.4. The molecule has 2 aromatic carbocycles. The molecule has 178 valence electrons. The predicted molar refractivity (Wildman–Crippen MR) is 128 cm³/mol. The van der Waals surface area contributed by atoms with Crippen LogP contribution in [0.5, 0.6) is 0 Å². The predicted octanol–water partition coefficient (Wildman–Crippen LogP) is 2.92. The Morgan fingerprint density at radius 3 is 2.47 bits per heavy atom. The van der Waals surface area contributed by atoms with Crippen LogP contribution < -0.4 is 10.3 Å². The Morgan fingerprint density at radius 2 is 1.76 bits per heavy atom. The SMILES string of the molecule is C[C@@H](OC(=O)c1ccc2c(=O)n3c(nc2c1)CCCCC3)C(=O)c1ccc(NS(C)(=O)=O)cc1. The summed E-state index contributed by atoms with van der Waals surface area (Å²) in [5, 5.41) is 0.439. The van der Waals surface area contributed by atoms with Gasteiger partial charge < -0.3 is 4.74 Å². The molecule has 0 fully saturated rings. The van der Waals surface area contributed by atoms with E-state index in [1.54, 1.807) is 10.6 Å². The molecule has 1 aromatic heterocycles. The molecule has 3 aromatic rings. The molecule has 0 saturated heterocycles. The molecule has 0 saturated carbocycles. The zero-order valence-corrected chi connectivity index (χ0v) is 19.7. The summed E-state index contributed by atoms with van der Waals surface area (Å²) in [5.74, 6) is -0.408. The van der Waals surface area contributed by atoms with E-state index in [9.17, 15) is 22.8 Å². The number of Topliss-reactive ketones (excluding diaryl/α,β-unsaturated/α-hetero) is 1. The van der Waals surface area contributed by atoms with Gasteiger partial charge in [-0.1, -0.05) is 6.42 Å². The third-order valence-electron chi connectivity index (χ3n) is 5.68. The Labute approximate surface area is 196 Å². The Hall–Kier alpha value is -3.53. The minimum absolute atomic E-state index is 0.112. The number of rotatable bonds is 6. The maximum atomic E-state index is 12.9. The van der Waals surface area contributed by atoms with Gasteiger partial charge in [0.1, 0.15) is 5.82 Å². The topological polar surface area (TPSA) is 124 Å². The quantitative estimate of drug-likeness (QED) is 0.422. The molecule has 1 N–H and O–H groups in total. The standard InChI is InChI=1S/C24H25N3O6S/c1-15(22(28)16-7-10-18(11-8-16)26-34(2,31)32)33-24(30)17-9-12-19-20(14-17)25-21-6-4-3-5-13-27(21)23(19)29/h7-12,14-15,26H,3-6,13H2,1-2H3/t15-/m1/s1. The highest BCUT2D eigenvalue weighted by molar-refractivity contribution is 7.92. The number of ether oxygens (including phenoxy) is 1. The third-order valence-corrected chi connectivity index (χ3v) is 6.28. The van der Waals surface area contributed by atoms with E-state index in [4.69, 9.17) is 4.74 Å². The van der Waals surface area contributed by atoms with Crippen LogP contribution in [-0.4, -0.2) is 42.1 Å². The normalized spacial score (nSPS) is 14.6. The van der Waals surface area contributed by atoms with Crippen molar-refractivity contribution in [2.24, 2.45) is 0 Å². The summed E-state index contributed by atoms with van der Waals surface area (Å²) in [6.07, 6.45) is 3.62. The van der Waals surface area contributed by atoms with Gasteiger partial charge in [0.15, 0.2) is 6.10 Å². The van der Waals surface area contributed by atoms with Crippen LogP contribution >= 0.6 is 0 Å². The molecule has 1 aliphatic rings. The van der Waals surface area contributed by atoms with Crippen molar-refractivity contribution in [3.05, 3.63) is 69.8 Å². The Kier molecular flexibility index (Phi) is 6.52. The minimum atomic E-state index is -3.43. The number of aryl methyl sites for hydroxylation is 1. The van der Waals surface area contributed by atoms with E-state index in [0.717, 1.165) is 31.3 Å². The smallest absolute Gasteiger partial charge is 0.338 e. The fourth-order valence-corrected chi connectivity index (χ4v) is 4.54. The summed E-state index contributed by atoms with van der Waals surface area (Å²) in [7, 11) is -3.43. The highest BCUT2D eigenvalue weighted by Crippen LogP contribution is 2.18. The molecule has 4 rings (SSSR count). The molecular weight excluding hydrogens is 458 g/mol. The summed E-state index contributed by atoms with van der Waals surface area (Å²) in [4.78, 5) is 42.9. The van der Waals surface area contributed by atoms with E-state index in [1.807, 2.05) is 0 Å². The molecule has 0 amide bonds. The van der Waals surface area contributed by atoms with Crippen molar-refractivity contribution in [2.45, 2.75) is 45.3 Å². The van der Waals surface area contributed by atoms with E-state index in [1.165, 1.54) is 43.3 Å². The lowest BCUT2D eigenvalue weighted by atomic mass is 10.1. The van der Waals surface area contributed by atoms with Crippen molar-refractivity contribution < 1.29 is 22.7 Å². The molecular formula is C24H25N3O6S. The van der Waals surface area contributed by atoms with Crippen LogP contribution in [0.3, 0.4) is 0 Å². The zero-order chi connectivity index (χ0) is 24.5. The van der Waals surface area contributed by atoms with Gasteiger partial charge in [0, 0.05) is 24.2 Å². The number of aromatic nitrogens is 2. The second kappa shape index (κ2) is 9.38. The first-order valence-electron chi connectivity index (χ1n) is 11.0. The third kappa shape index (κ3) is 5.17. The van der Waals surface area contributed by atoms with Crippen molar-refractivity contribution in [1.29, 1.82) is 0 Å². The van der Waals surface area contributed by atoms with Crippen molar-refractivity contribution in [3.63, 3.8) is 0 Å². The van der Waals surface area contributed by atoms with Gasteiger partial charge in [-0.3, -0.25) is 18.9 Å². The molecule has 0 aliphatic carbocycles. The van der Waals surface area contributed by atoms with Gasteiger partial charge in [-0.2, -0.15) is 0 Å². The lowest BCUT2D eigenvalue weighted by Crippen LogP contribution is -2.25. The van der Waals surface area contributed by atoms with Crippen LogP contribution in [0.15, 0.2) is 47.3 Å². The van der Waals surface area contributed by atoms with E-state index < -0.39 is 27.9 Å². The van der Waals surface area contributed by atoms with Crippen LogP contribution in [0.1, 0.15) is 52.7 Å². The Balaban J connectivity index is 1.51. The van der Waals surface area contributed by atoms with E-state index in [2.05, 4.69) is 9.71 Å². The number of anilines is 1. The summed E-state index contributed by atoms with van der Waals surface area (Å²) >= 11 is 0. The highest BCUT2D eigenvalue weighted by Gasteiger charge is 2.22. The van der Waals surface area contributed by atoms with Crippen molar-refractivity contribution >= 4 is 38.4 Å². The van der Waals surface area contributed by atoms with E-state index >= 15 is 0 Å². The summed E-state index contributed by atoms with van der Waals surface area (Å²) in [6.45, 7) is 2.11. The number of carbonyl (C=O) groups is 2. The first-order valence-corrected chi connectivity index (χ1v) is 12.9. The van der Waals surface area contributed by atoms with Crippen LogP contribution in [0, 0.1) is 0 Å². The molecule has 1 atom stereocenters. The van der Waals surface area contributed by atoms with Crippen LogP contribution in [0.4, 0.5) is 5.69 Å². The van der Waals surface area contributed by atoms with E-state index in [0.29, 0.717) is 29.6 Å². The lowest BCUT2D eigenvalue weighted by molar-refractivity contribution is 0.0319. The van der Waals surface area contributed by atoms with Gasteiger partial charge >= 0.3 is 5.97 Å². The number of nitrogens with one attached hydrogen (secondary N) is 1. The molecule has 2 heterocycles. The fraction of sp³-hybridized carbons (Fsp3) is 0.333. The molecule has 0 radical (unpaired) electrons. The average Bonchev–Trinajstić information content (AvgIpc) is 3.03. The number of esters is 1. The fourth-order valence-electron chi connectivity index (χ4n) is 3.98. The number of fused-ring (bicyclic) bond motifs is 2. The van der Waals surface area contributed by atoms with Gasteiger partial charge in [-0.05, 0) is 62.2 Å². The molecule has 0 spiro atoms. The number of ketones is 1. The first-order chi connectivity index (χ1) is 16.1. The summed E-state index contributed by atoms with van der Waals surface area (Å²) in [5.41, 5.74) is 1.11. The van der Waals surface area contributed by atoms with Gasteiger partial charge in [0.05, 0.1) is 22.7 Å². The summed E-state index contributed by atoms with van der Waals surface area (Å²) < 4.78 is 32.0. The maximum absolute atomic E-state index is 12.9. The number of sulfonamides is 1. The number of hydrogen-bond donors (Lipinski definition) is 1. The molecule has 34 heavy (non-hydrogen) atoms. The molecule has 10 heteroatoms. The maximum Gasteiger partial charge on any atom is 0.338 e. The number of benzene rings is 2. The lowest BCUT2D eigenvalue weighted by Gasteiger charge is -2.14. The second-order valence-electron chi connectivity index (χ2n) is 8.39. The van der Waals surface area contributed by atoms with Gasteiger partial charge in [0.2, 0.25) is 15.8 Å². The Bertz CT molecular complexity index is 1430. The zero-order valence-electron chi connectivity index (χ0n) is 18.9. The molecule has 9 nitrogen and oxygen atoms in total. The van der Waals surface area contributed by atoms with Crippen LogP contribution in [0.2, 0.25) is 0 Å². The number of hydrogen-bond acceptors (Lipinski definition) is 7. The Morgan fingerprint density at radius 1 is 1.06 bits per heavy atom. The van der Waals surface area contributed by atoms with Crippen LogP contribution in [0.25, 0.3) is 10.9 Å². The molecule has 0 unspecified atom stereocenters. The molecule has 0 bridgehead atoms. The van der Waals surface area contributed by atoms with Crippen molar-refractivity contribution in [2.75, 3.05) is 11.0 Å². The largest absolute Gasteiger partial charge is 0.451 e. The van der Waals surface area contributed by atoms with Gasteiger partial charge in [-0.15, -0.1) is 0 Å². The highest BCUT2D eigenvalue weighted by atomic mass is 32.2. The van der Waals surface area contributed by atoms with Gasteiger partial charge in [-0.25, -0.2) is 18.2 Å². The number of carbonyl (C=O) groups excluding carboxylic acids is 2. The van der Waals surface area contributed by atoms with E-state index in [-0.39, 0.29) is 16.7 Å². The monoisotopic (exact) mass is 483 g/mol. The van der Waals surface area contributed by atoms with Crippen molar-refractivity contribution in [1.82, 2.24) is 9.55 Å². The molecule has 1 aliphatic heterocycles. The minimum Gasteiger partial charge on any atom is -0.451 e. The first kappa shape index (κ1) is 23.6.